The van der Waals surface area contributed by atoms with Crippen LogP contribution in [0.25, 0.3) is 0 Å². The number of methoxy groups -OCH3 is 1. The largest absolute Gasteiger partial charge is 0.493 e. The van der Waals surface area contributed by atoms with Crippen LogP contribution in [0.3, 0.4) is 0 Å². The molecule has 0 amide bonds. The molecule has 1 aromatic carbocycles. The van der Waals surface area contributed by atoms with Gasteiger partial charge in [-0.25, -0.2) is 0 Å². The lowest BCUT2D eigenvalue weighted by Crippen LogP contribution is -2.61. The van der Waals surface area contributed by atoms with Crippen LogP contribution in [0.1, 0.15) is 29.9 Å². The van der Waals surface area contributed by atoms with Gasteiger partial charge >= 0.3 is 0 Å². The zero-order valence-electron chi connectivity index (χ0n) is 12.5. The first-order chi connectivity index (χ1) is 10.1. The van der Waals surface area contributed by atoms with E-state index >= 15 is 0 Å². The number of nitrogens with one attached hydrogen (secondary N) is 1. The van der Waals surface area contributed by atoms with Gasteiger partial charge in [0.15, 0.2) is 11.5 Å². The van der Waals surface area contributed by atoms with E-state index in [1.165, 1.54) is 5.56 Å². The monoisotopic (exact) mass is 287 g/mol. The van der Waals surface area contributed by atoms with Gasteiger partial charge in [0.05, 0.1) is 18.6 Å². The Labute approximate surface area is 124 Å². The molecule has 2 unspecified atom stereocenters. The molecule has 2 N–H and O–H groups in total. The fourth-order valence-electron chi connectivity index (χ4n) is 4.40. The Bertz CT molecular complexity index is 627. The smallest absolute Gasteiger partial charge is 0.166 e. The van der Waals surface area contributed by atoms with Gasteiger partial charge in [0.2, 0.25) is 0 Å². The van der Waals surface area contributed by atoms with Crippen molar-refractivity contribution in [1.82, 2.24) is 5.32 Å². The van der Waals surface area contributed by atoms with Crippen molar-refractivity contribution >= 4 is 0 Å². The molecule has 1 aromatic rings. The van der Waals surface area contributed by atoms with E-state index in [1.807, 2.05) is 13.1 Å². The van der Waals surface area contributed by atoms with E-state index in [-0.39, 0.29) is 18.1 Å². The van der Waals surface area contributed by atoms with Gasteiger partial charge in [-0.15, -0.1) is 0 Å². The van der Waals surface area contributed by atoms with Gasteiger partial charge in [0.1, 0.15) is 6.10 Å². The molecule has 1 heterocycles. The fourth-order valence-corrected chi connectivity index (χ4v) is 4.40. The lowest BCUT2D eigenvalue weighted by Gasteiger charge is -2.49. The molecule has 0 spiro atoms. The van der Waals surface area contributed by atoms with Crippen molar-refractivity contribution in [2.45, 2.75) is 42.9 Å². The van der Waals surface area contributed by atoms with Crippen molar-refractivity contribution in [3.63, 3.8) is 0 Å². The second-order valence-corrected chi connectivity index (χ2v) is 6.38. The van der Waals surface area contributed by atoms with E-state index in [2.05, 4.69) is 18.0 Å². The summed E-state index contributed by atoms with van der Waals surface area (Å²) in [5, 5.41) is 14.7. The summed E-state index contributed by atoms with van der Waals surface area (Å²) < 4.78 is 11.6. The molecule has 3 aliphatic rings. The minimum absolute atomic E-state index is 0.0370. The molecule has 1 aliphatic heterocycles. The standard InChI is InChI=1S/C17H21NO3/c1-9-6-7-17(19)12(18-2)8-10-4-5-11(20-3)16-13(10)14(17)15(9)21-16/h4-5,12,14-15,18-19H,1,6-8H2,2-3H3/t12-,14?,15?,17-/m0/s1. The van der Waals surface area contributed by atoms with Crippen molar-refractivity contribution in [1.29, 1.82) is 0 Å². The molecular formula is C17H21NO3. The third kappa shape index (κ3) is 1.52. The van der Waals surface area contributed by atoms with Gasteiger partial charge < -0.3 is 19.9 Å². The molecule has 21 heavy (non-hydrogen) atoms. The topological polar surface area (TPSA) is 50.7 Å². The molecule has 0 bridgehead atoms. The zero-order chi connectivity index (χ0) is 14.8. The van der Waals surface area contributed by atoms with Crippen molar-refractivity contribution < 1.29 is 14.6 Å². The first-order valence-electron chi connectivity index (χ1n) is 7.54. The summed E-state index contributed by atoms with van der Waals surface area (Å²) in [6.07, 6.45) is 2.22. The molecule has 4 rings (SSSR count). The van der Waals surface area contributed by atoms with Crippen molar-refractivity contribution in [2.24, 2.45) is 0 Å². The Morgan fingerprint density at radius 1 is 1.48 bits per heavy atom. The van der Waals surface area contributed by atoms with E-state index in [0.717, 1.165) is 41.9 Å². The Morgan fingerprint density at radius 3 is 3.00 bits per heavy atom. The van der Waals surface area contributed by atoms with E-state index in [4.69, 9.17) is 9.47 Å². The number of likely N-dealkylation sites (N-methyl/N-ethyl adjacent to an activating group) is 1. The maximum absolute atomic E-state index is 11.4. The average molecular weight is 287 g/mol. The van der Waals surface area contributed by atoms with Crippen LogP contribution < -0.4 is 14.8 Å². The fraction of sp³-hybridized carbons (Fsp3) is 0.529. The predicted molar refractivity (Wildman–Crippen MR) is 80.0 cm³/mol. The number of hydrogen-bond acceptors (Lipinski definition) is 4. The maximum atomic E-state index is 11.4. The second kappa shape index (κ2) is 4.24. The molecule has 4 heteroatoms. The molecule has 2 aliphatic carbocycles. The highest BCUT2D eigenvalue weighted by atomic mass is 16.5. The summed E-state index contributed by atoms with van der Waals surface area (Å²) >= 11 is 0. The summed E-state index contributed by atoms with van der Waals surface area (Å²) in [6, 6.07) is 4.12. The van der Waals surface area contributed by atoms with Crippen molar-refractivity contribution in [3.8, 4) is 11.5 Å². The third-order valence-corrected chi connectivity index (χ3v) is 5.49. The highest BCUT2D eigenvalue weighted by molar-refractivity contribution is 5.60. The van der Waals surface area contributed by atoms with Crippen LogP contribution in [0.4, 0.5) is 0 Å². The van der Waals surface area contributed by atoms with Crippen molar-refractivity contribution in [3.05, 3.63) is 35.4 Å². The van der Waals surface area contributed by atoms with Gasteiger partial charge in [0, 0.05) is 11.6 Å². The first-order valence-corrected chi connectivity index (χ1v) is 7.54. The highest BCUT2D eigenvalue weighted by Gasteiger charge is 2.59. The summed E-state index contributed by atoms with van der Waals surface area (Å²) in [4.78, 5) is 0. The second-order valence-electron chi connectivity index (χ2n) is 6.38. The van der Waals surface area contributed by atoms with E-state index in [9.17, 15) is 5.11 Å². The molecular weight excluding hydrogens is 266 g/mol. The number of hydrogen-bond donors (Lipinski definition) is 2. The number of aliphatic hydroxyl groups is 1. The number of benzene rings is 1. The minimum Gasteiger partial charge on any atom is -0.493 e. The van der Waals surface area contributed by atoms with Gasteiger partial charge in [-0.05, 0) is 43.5 Å². The van der Waals surface area contributed by atoms with E-state index in [1.54, 1.807) is 7.11 Å². The van der Waals surface area contributed by atoms with Crippen LogP contribution in [0.15, 0.2) is 24.3 Å². The molecule has 4 atom stereocenters. The average Bonchev–Trinajstić information content (AvgIpc) is 2.91. The lowest BCUT2D eigenvalue weighted by molar-refractivity contribution is -0.0633. The normalized spacial score (nSPS) is 36.1. The summed E-state index contributed by atoms with van der Waals surface area (Å²) in [6.45, 7) is 4.17. The summed E-state index contributed by atoms with van der Waals surface area (Å²) in [5.41, 5.74) is 2.68. The molecule has 4 nitrogen and oxygen atoms in total. The van der Waals surface area contributed by atoms with E-state index < -0.39 is 5.60 Å². The lowest BCUT2D eigenvalue weighted by atomic mass is 9.61. The Hall–Kier alpha value is -1.52. The van der Waals surface area contributed by atoms with Gasteiger partial charge in [0.25, 0.3) is 0 Å². The summed E-state index contributed by atoms with van der Waals surface area (Å²) in [5.74, 6) is 1.52. The van der Waals surface area contributed by atoms with Crippen LogP contribution in [-0.4, -0.2) is 37.0 Å². The number of rotatable bonds is 2. The first kappa shape index (κ1) is 13.2. The van der Waals surface area contributed by atoms with Gasteiger partial charge in [-0.3, -0.25) is 0 Å². The SMILES string of the molecule is C=C1CC[C@@]2(O)C3c4c(ccc(OC)c4OC13)C[C@@H]2NC. The Balaban J connectivity index is 1.95. The molecule has 112 valence electrons. The molecule has 1 saturated carbocycles. The summed E-state index contributed by atoms with van der Waals surface area (Å²) in [7, 11) is 3.58. The molecule has 0 saturated heterocycles. The van der Waals surface area contributed by atoms with Crippen LogP contribution in [0.2, 0.25) is 0 Å². The molecule has 1 fully saturated rings. The van der Waals surface area contributed by atoms with Gasteiger partial charge in [-0.1, -0.05) is 12.6 Å². The Kier molecular flexibility index (Phi) is 2.66. The number of ether oxygens (including phenoxy) is 2. The quantitative estimate of drug-likeness (QED) is 0.814. The molecule has 0 aromatic heterocycles. The molecule has 0 radical (unpaired) electrons. The van der Waals surface area contributed by atoms with Crippen LogP contribution in [-0.2, 0) is 6.42 Å². The maximum Gasteiger partial charge on any atom is 0.166 e. The minimum atomic E-state index is -0.773. The van der Waals surface area contributed by atoms with Crippen molar-refractivity contribution in [2.75, 3.05) is 14.2 Å². The van der Waals surface area contributed by atoms with Crippen LogP contribution >= 0.6 is 0 Å². The van der Waals surface area contributed by atoms with E-state index in [0.29, 0.717) is 0 Å². The predicted octanol–water partition coefficient (Wildman–Crippen LogP) is 1.76. The zero-order valence-corrected chi connectivity index (χ0v) is 12.5. The van der Waals surface area contributed by atoms with Crippen LogP contribution in [0, 0.1) is 0 Å². The Morgan fingerprint density at radius 2 is 2.29 bits per heavy atom. The van der Waals surface area contributed by atoms with Crippen LogP contribution in [0.5, 0.6) is 11.5 Å². The highest BCUT2D eigenvalue weighted by Crippen LogP contribution is 2.59. The van der Waals surface area contributed by atoms with Gasteiger partial charge in [-0.2, -0.15) is 0 Å². The third-order valence-electron chi connectivity index (χ3n) is 5.49.